The van der Waals surface area contributed by atoms with Gasteiger partial charge >= 0.3 is 0 Å². The van der Waals surface area contributed by atoms with E-state index in [0.717, 1.165) is 49.1 Å². The first-order chi connectivity index (χ1) is 15.1. The van der Waals surface area contributed by atoms with Crippen molar-refractivity contribution in [2.24, 2.45) is 0 Å². The van der Waals surface area contributed by atoms with Gasteiger partial charge in [0.1, 0.15) is 0 Å². The maximum atomic E-state index is 13.0. The van der Waals surface area contributed by atoms with Crippen molar-refractivity contribution in [3.63, 3.8) is 0 Å². The van der Waals surface area contributed by atoms with Crippen LogP contribution in [0.1, 0.15) is 12.5 Å². The van der Waals surface area contributed by atoms with Gasteiger partial charge in [0, 0.05) is 37.6 Å². The molecule has 1 saturated heterocycles. The molecule has 0 aliphatic carbocycles. The Morgan fingerprint density at radius 1 is 1.00 bits per heavy atom. The number of amides is 1. The minimum absolute atomic E-state index is 0.168. The molecule has 2 aromatic carbocycles. The fraction of sp³-hybridized carbons (Fsp3) is 0.435. The van der Waals surface area contributed by atoms with Crippen molar-refractivity contribution in [3.05, 3.63) is 42.0 Å². The first-order valence-corrected chi connectivity index (χ1v) is 11.2. The zero-order chi connectivity index (χ0) is 21.8. The highest BCUT2D eigenvalue weighted by Crippen LogP contribution is 2.34. The van der Waals surface area contributed by atoms with Gasteiger partial charge in [0.15, 0.2) is 23.0 Å². The van der Waals surface area contributed by atoms with Crippen LogP contribution in [-0.4, -0.2) is 68.1 Å². The summed E-state index contributed by atoms with van der Waals surface area (Å²) in [4.78, 5) is 18.3. The van der Waals surface area contributed by atoms with Crippen LogP contribution in [0.15, 0.2) is 41.3 Å². The summed E-state index contributed by atoms with van der Waals surface area (Å²) in [6, 6.07) is 11.8. The van der Waals surface area contributed by atoms with E-state index in [1.165, 1.54) is 5.56 Å². The average Bonchev–Trinajstić information content (AvgIpc) is 3.27. The standard InChI is InChI=1S/C23H28N2O5S/c1-16(31-18-5-7-19(27-2)21(13-18)28-3)23(26)25-10-8-24(9-11-25)14-17-4-6-20-22(12-17)30-15-29-20/h4-7,12-13,16H,8-11,14-15H2,1-3H3/t16-/m0/s1. The largest absolute Gasteiger partial charge is 0.493 e. The molecule has 1 amide bonds. The van der Waals surface area contributed by atoms with Crippen molar-refractivity contribution in [1.29, 1.82) is 0 Å². The van der Waals surface area contributed by atoms with Crippen LogP contribution in [0.4, 0.5) is 0 Å². The molecule has 7 nitrogen and oxygen atoms in total. The van der Waals surface area contributed by atoms with Gasteiger partial charge in [-0.25, -0.2) is 0 Å². The number of benzene rings is 2. The van der Waals surface area contributed by atoms with E-state index in [4.69, 9.17) is 18.9 Å². The van der Waals surface area contributed by atoms with E-state index in [9.17, 15) is 4.79 Å². The second-order valence-corrected chi connectivity index (χ2v) is 8.98. The summed E-state index contributed by atoms with van der Waals surface area (Å²) in [6.07, 6.45) is 0. The molecule has 8 heteroatoms. The number of rotatable bonds is 7. The monoisotopic (exact) mass is 444 g/mol. The number of thioether (sulfide) groups is 1. The van der Waals surface area contributed by atoms with E-state index in [0.29, 0.717) is 18.3 Å². The summed E-state index contributed by atoms with van der Waals surface area (Å²) in [6.45, 7) is 6.28. The molecule has 1 fully saturated rings. The number of carbonyl (C=O) groups is 1. The van der Waals surface area contributed by atoms with E-state index in [2.05, 4.69) is 11.0 Å². The third kappa shape index (κ3) is 5.02. The lowest BCUT2D eigenvalue weighted by Gasteiger charge is -2.36. The van der Waals surface area contributed by atoms with Gasteiger partial charge in [-0.1, -0.05) is 6.07 Å². The van der Waals surface area contributed by atoms with Gasteiger partial charge in [-0.3, -0.25) is 9.69 Å². The highest BCUT2D eigenvalue weighted by atomic mass is 32.2. The van der Waals surface area contributed by atoms with Crippen molar-refractivity contribution in [2.45, 2.75) is 23.6 Å². The van der Waals surface area contributed by atoms with Crippen molar-refractivity contribution in [1.82, 2.24) is 9.80 Å². The normalized spacial score (nSPS) is 16.8. The number of fused-ring (bicyclic) bond motifs is 1. The van der Waals surface area contributed by atoms with Gasteiger partial charge in [0.2, 0.25) is 12.7 Å². The summed E-state index contributed by atoms with van der Waals surface area (Å²) < 4.78 is 21.5. The molecular formula is C23H28N2O5S. The van der Waals surface area contributed by atoms with Gasteiger partial charge in [0.25, 0.3) is 0 Å². The van der Waals surface area contributed by atoms with E-state index < -0.39 is 0 Å². The van der Waals surface area contributed by atoms with E-state index >= 15 is 0 Å². The van der Waals surface area contributed by atoms with Crippen LogP contribution in [0.5, 0.6) is 23.0 Å². The highest BCUT2D eigenvalue weighted by molar-refractivity contribution is 8.00. The van der Waals surface area contributed by atoms with Crippen molar-refractivity contribution in [2.75, 3.05) is 47.2 Å². The predicted octanol–water partition coefficient (Wildman–Crippen LogP) is 3.26. The minimum atomic E-state index is -0.168. The number of piperazine rings is 1. The van der Waals surface area contributed by atoms with Crippen LogP contribution in [0.25, 0.3) is 0 Å². The number of nitrogens with zero attached hydrogens (tertiary/aromatic N) is 2. The maximum Gasteiger partial charge on any atom is 0.235 e. The molecule has 2 heterocycles. The third-order valence-corrected chi connectivity index (χ3v) is 6.62. The Bertz CT molecular complexity index is 930. The lowest BCUT2D eigenvalue weighted by atomic mass is 10.1. The Balaban J connectivity index is 1.28. The maximum absolute atomic E-state index is 13.0. The summed E-state index contributed by atoms with van der Waals surface area (Å²) in [5, 5.41) is -0.168. The van der Waals surface area contributed by atoms with E-state index in [-0.39, 0.29) is 11.2 Å². The smallest absolute Gasteiger partial charge is 0.235 e. The second-order valence-electron chi connectivity index (χ2n) is 7.57. The van der Waals surface area contributed by atoms with Crippen LogP contribution in [-0.2, 0) is 11.3 Å². The first kappa shape index (κ1) is 21.6. The number of ether oxygens (including phenoxy) is 4. The van der Waals surface area contributed by atoms with Crippen molar-refractivity contribution >= 4 is 17.7 Å². The Morgan fingerprint density at radius 3 is 2.48 bits per heavy atom. The van der Waals surface area contributed by atoms with E-state index in [1.54, 1.807) is 26.0 Å². The molecule has 0 N–H and O–H groups in total. The molecule has 166 valence electrons. The van der Waals surface area contributed by atoms with Crippen LogP contribution in [0, 0.1) is 0 Å². The van der Waals surface area contributed by atoms with Gasteiger partial charge < -0.3 is 23.8 Å². The van der Waals surface area contributed by atoms with Crippen molar-refractivity contribution in [3.8, 4) is 23.0 Å². The molecule has 0 unspecified atom stereocenters. The van der Waals surface area contributed by atoms with Gasteiger partial charge in [-0.2, -0.15) is 0 Å². The third-order valence-electron chi connectivity index (χ3n) is 5.54. The molecule has 2 aliphatic heterocycles. The van der Waals surface area contributed by atoms with Gasteiger partial charge in [-0.05, 0) is 42.8 Å². The Hall–Kier alpha value is -2.58. The molecule has 2 aliphatic rings. The van der Waals surface area contributed by atoms with Gasteiger partial charge in [0.05, 0.1) is 19.5 Å². The zero-order valence-corrected chi connectivity index (χ0v) is 18.9. The topological polar surface area (TPSA) is 60.5 Å². The lowest BCUT2D eigenvalue weighted by molar-refractivity contribution is -0.132. The molecule has 0 saturated carbocycles. The number of carbonyl (C=O) groups excluding carboxylic acids is 1. The number of hydrogen-bond acceptors (Lipinski definition) is 7. The molecule has 0 aromatic heterocycles. The Morgan fingerprint density at radius 2 is 1.74 bits per heavy atom. The summed E-state index contributed by atoms with van der Waals surface area (Å²) in [5.74, 6) is 3.14. The van der Waals surface area contributed by atoms with Crippen LogP contribution < -0.4 is 18.9 Å². The SMILES string of the molecule is COc1ccc(S[C@@H](C)C(=O)N2CCN(Cc3ccc4c(c3)OCO4)CC2)cc1OC. The summed E-state index contributed by atoms with van der Waals surface area (Å²) in [7, 11) is 3.23. The molecule has 0 spiro atoms. The Kier molecular flexibility index (Phi) is 6.77. The average molecular weight is 445 g/mol. The molecule has 1 atom stereocenters. The lowest BCUT2D eigenvalue weighted by Crippen LogP contribution is -2.50. The fourth-order valence-electron chi connectivity index (χ4n) is 3.83. The minimum Gasteiger partial charge on any atom is -0.493 e. The molecule has 0 radical (unpaired) electrons. The van der Waals surface area contributed by atoms with Crippen LogP contribution in [0.3, 0.4) is 0 Å². The highest BCUT2D eigenvalue weighted by Gasteiger charge is 2.26. The van der Waals surface area contributed by atoms with E-state index in [1.807, 2.05) is 42.2 Å². The summed E-state index contributed by atoms with van der Waals surface area (Å²) in [5.41, 5.74) is 1.20. The predicted molar refractivity (Wildman–Crippen MR) is 119 cm³/mol. The van der Waals surface area contributed by atoms with Gasteiger partial charge in [-0.15, -0.1) is 11.8 Å². The van der Waals surface area contributed by atoms with Crippen molar-refractivity contribution < 1.29 is 23.7 Å². The molecular weight excluding hydrogens is 416 g/mol. The zero-order valence-electron chi connectivity index (χ0n) is 18.1. The van der Waals surface area contributed by atoms with Crippen LogP contribution >= 0.6 is 11.8 Å². The molecule has 31 heavy (non-hydrogen) atoms. The Labute approximate surface area is 187 Å². The van der Waals surface area contributed by atoms with Crippen LogP contribution in [0.2, 0.25) is 0 Å². The number of hydrogen-bond donors (Lipinski definition) is 0. The quantitative estimate of drug-likeness (QED) is 0.608. The summed E-state index contributed by atoms with van der Waals surface area (Å²) >= 11 is 1.54. The molecule has 4 rings (SSSR count). The fourth-order valence-corrected chi connectivity index (χ4v) is 4.81. The molecule has 2 aromatic rings. The first-order valence-electron chi connectivity index (χ1n) is 10.4. The molecule has 0 bridgehead atoms. The number of methoxy groups -OCH3 is 2. The second kappa shape index (κ2) is 9.70.